The molecule has 1 aromatic rings. The van der Waals surface area contributed by atoms with Gasteiger partial charge in [0.2, 0.25) is 5.91 Å². The third-order valence-corrected chi connectivity index (χ3v) is 2.61. The summed E-state index contributed by atoms with van der Waals surface area (Å²) in [5, 5.41) is 5.17. The van der Waals surface area contributed by atoms with E-state index in [0.29, 0.717) is 5.76 Å². The van der Waals surface area contributed by atoms with E-state index in [1.807, 2.05) is 20.8 Å². The van der Waals surface area contributed by atoms with Crippen LogP contribution < -0.4 is 10.6 Å². The van der Waals surface area contributed by atoms with E-state index >= 15 is 0 Å². The Balaban J connectivity index is 2.38. The number of hydrogen-bond donors (Lipinski definition) is 2. The topological polar surface area (TPSA) is 71.3 Å². The van der Waals surface area contributed by atoms with E-state index in [-0.39, 0.29) is 41.5 Å². The van der Waals surface area contributed by atoms with Crippen molar-refractivity contribution in [1.29, 1.82) is 0 Å². The SMILES string of the molecule is CC(Cl)c1ccc(C(=O)NCCC(=O)NC(C)(C)C)o1. The molecule has 0 bridgehead atoms. The predicted octanol–water partition coefficient (Wildman–Crippen LogP) is 2.61. The molecule has 1 atom stereocenters. The summed E-state index contributed by atoms with van der Waals surface area (Å²) in [7, 11) is 0. The van der Waals surface area contributed by atoms with Crippen LogP contribution in [0.25, 0.3) is 0 Å². The highest BCUT2D eigenvalue weighted by molar-refractivity contribution is 6.20. The maximum Gasteiger partial charge on any atom is 0.287 e. The lowest BCUT2D eigenvalue weighted by atomic mass is 10.1. The van der Waals surface area contributed by atoms with Crippen LogP contribution in [-0.2, 0) is 4.79 Å². The average Bonchev–Trinajstić information content (AvgIpc) is 2.75. The van der Waals surface area contributed by atoms with E-state index in [4.69, 9.17) is 16.0 Å². The molecule has 112 valence electrons. The molecular weight excluding hydrogens is 280 g/mol. The number of hydrogen-bond acceptors (Lipinski definition) is 3. The predicted molar refractivity (Wildman–Crippen MR) is 77.8 cm³/mol. The molecule has 5 nitrogen and oxygen atoms in total. The van der Waals surface area contributed by atoms with Gasteiger partial charge in [-0.05, 0) is 39.8 Å². The second-order valence-electron chi connectivity index (χ2n) is 5.62. The fourth-order valence-corrected chi connectivity index (χ4v) is 1.66. The Morgan fingerprint density at radius 3 is 2.50 bits per heavy atom. The molecule has 0 aliphatic rings. The zero-order valence-corrected chi connectivity index (χ0v) is 13.0. The molecule has 2 N–H and O–H groups in total. The Morgan fingerprint density at radius 2 is 2.00 bits per heavy atom. The lowest BCUT2D eigenvalue weighted by Gasteiger charge is -2.20. The molecule has 1 rings (SSSR count). The first kappa shape index (κ1) is 16.6. The number of carbonyl (C=O) groups is 2. The highest BCUT2D eigenvalue weighted by Gasteiger charge is 2.15. The first-order valence-corrected chi connectivity index (χ1v) is 6.95. The van der Waals surface area contributed by atoms with Crippen LogP contribution in [0.1, 0.15) is 55.8 Å². The summed E-state index contributed by atoms with van der Waals surface area (Å²) in [5.74, 6) is 0.287. The van der Waals surface area contributed by atoms with Gasteiger partial charge in [-0.1, -0.05) is 0 Å². The summed E-state index contributed by atoms with van der Waals surface area (Å²) < 4.78 is 5.30. The molecule has 20 heavy (non-hydrogen) atoms. The minimum atomic E-state index is -0.350. The zero-order valence-electron chi connectivity index (χ0n) is 12.2. The van der Waals surface area contributed by atoms with Gasteiger partial charge in [0.05, 0.1) is 5.38 Å². The molecular formula is C14H21ClN2O3. The Labute approximate surface area is 124 Å². The minimum Gasteiger partial charge on any atom is -0.454 e. The number of rotatable bonds is 5. The number of furan rings is 1. The summed E-state index contributed by atoms with van der Waals surface area (Å²) in [4.78, 5) is 23.3. The molecule has 0 aliphatic carbocycles. The number of halogens is 1. The fraction of sp³-hybridized carbons (Fsp3) is 0.571. The molecule has 0 fully saturated rings. The van der Waals surface area contributed by atoms with E-state index in [0.717, 1.165) is 0 Å². The molecule has 1 heterocycles. The average molecular weight is 301 g/mol. The van der Waals surface area contributed by atoms with Crippen molar-refractivity contribution in [2.24, 2.45) is 0 Å². The van der Waals surface area contributed by atoms with Gasteiger partial charge in [-0.15, -0.1) is 11.6 Å². The standard InChI is InChI=1S/C14H21ClN2O3/c1-9(15)10-5-6-11(20-10)13(19)16-8-7-12(18)17-14(2,3)4/h5-6,9H,7-8H2,1-4H3,(H,16,19)(H,17,18). The highest BCUT2D eigenvalue weighted by atomic mass is 35.5. The van der Waals surface area contributed by atoms with E-state index in [1.54, 1.807) is 19.1 Å². The second-order valence-corrected chi connectivity index (χ2v) is 6.28. The molecule has 0 aromatic carbocycles. The van der Waals surface area contributed by atoms with Crippen LogP contribution in [0.2, 0.25) is 0 Å². The van der Waals surface area contributed by atoms with Crippen molar-refractivity contribution < 1.29 is 14.0 Å². The number of carbonyl (C=O) groups excluding carboxylic acids is 2. The van der Waals surface area contributed by atoms with Crippen molar-refractivity contribution >= 4 is 23.4 Å². The van der Waals surface area contributed by atoms with Crippen LogP contribution in [0.15, 0.2) is 16.5 Å². The van der Waals surface area contributed by atoms with Gasteiger partial charge in [0, 0.05) is 18.5 Å². The molecule has 1 unspecified atom stereocenters. The molecule has 1 aromatic heterocycles. The smallest absolute Gasteiger partial charge is 0.287 e. The highest BCUT2D eigenvalue weighted by Crippen LogP contribution is 2.21. The summed E-state index contributed by atoms with van der Waals surface area (Å²) >= 11 is 5.85. The Bertz CT molecular complexity index is 475. The molecule has 0 radical (unpaired) electrons. The third kappa shape index (κ3) is 5.65. The number of alkyl halides is 1. The van der Waals surface area contributed by atoms with Crippen LogP contribution in [-0.4, -0.2) is 23.9 Å². The first-order chi connectivity index (χ1) is 9.19. The Hall–Kier alpha value is -1.49. The molecule has 0 saturated carbocycles. The van der Waals surface area contributed by atoms with Gasteiger partial charge < -0.3 is 15.1 Å². The molecule has 0 aliphatic heterocycles. The van der Waals surface area contributed by atoms with Gasteiger partial charge in [-0.25, -0.2) is 0 Å². The summed E-state index contributed by atoms with van der Waals surface area (Å²) in [6.45, 7) is 7.73. The Kier molecular flexibility index (Phi) is 5.62. The van der Waals surface area contributed by atoms with Gasteiger partial charge in [0.15, 0.2) is 5.76 Å². The van der Waals surface area contributed by atoms with Crippen molar-refractivity contribution in [3.8, 4) is 0 Å². The van der Waals surface area contributed by atoms with Crippen molar-refractivity contribution in [3.63, 3.8) is 0 Å². The van der Waals surface area contributed by atoms with E-state index < -0.39 is 0 Å². The Morgan fingerprint density at radius 1 is 1.35 bits per heavy atom. The van der Waals surface area contributed by atoms with E-state index in [1.165, 1.54) is 0 Å². The quantitative estimate of drug-likeness (QED) is 0.821. The third-order valence-electron chi connectivity index (χ3n) is 2.39. The lowest BCUT2D eigenvalue weighted by molar-refractivity contribution is -0.122. The van der Waals surface area contributed by atoms with Crippen LogP contribution in [0.3, 0.4) is 0 Å². The number of nitrogens with one attached hydrogen (secondary N) is 2. The molecule has 0 spiro atoms. The van der Waals surface area contributed by atoms with Gasteiger partial charge >= 0.3 is 0 Å². The number of amides is 2. The van der Waals surface area contributed by atoms with Crippen LogP contribution >= 0.6 is 11.6 Å². The maximum absolute atomic E-state index is 11.8. The van der Waals surface area contributed by atoms with E-state index in [9.17, 15) is 9.59 Å². The summed E-state index contributed by atoms with van der Waals surface area (Å²) in [5.41, 5.74) is -0.270. The van der Waals surface area contributed by atoms with Crippen LogP contribution in [0, 0.1) is 0 Å². The fourth-order valence-electron chi connectivity index (χ4n) is 1.55. The lowest BCUT2D eigenvalue weighted by Crippen LogP contribution is -2.41. The van der Waals surface area contributed by atoms with Crippen LogP contribution in [0.4, 0.5) is 0 Å². The first-order valence-electron chi connectivity index (χ1n) is 6.52. The van der Waals surface area contributed by atoms with Gasteiger partial charge in [0.1, 0.15) is 5.76 Å². The van der Waals surface area contributed by atoms with Crippen molar-refractivity contribution in [2.45, 2.75) is 45.0 Å². The van der Waals surface area contributed by atoms with Gasteiger partial charge in [0.25, 0.3) is 5.91 Å². The molecule has 2 amide bonds. The van der Waals surface area contributed by atoms with Crippen molar-refractivity contribution in [1.82, 2.24) is 10.6 Å². The largest absolute Gasteiger partial charge is 0.454 e. The van der Waals surface area contributed by atoms with Crippen molar-refractivity contribution in [2.75, 3.05) is 6.54 Å². The maximum atomic E-state index is 11.8. The monoisotopic (exact) mass is 300 g/mol. The molecule has 0 saturated heterocycles. The molecule has 6 heteroatoms. The van der Waals surface area contributed by atoms with Gasteiger partial charge in [-0.3, -0.25) is 9.59 Å². The second kappa shape index (κ2) is 6.79. The summed E-state index contributed by atoms with van der Waals surface area (Å²) in [6.07, 6.45) is 0.225. The van der Waals surface area contributed by atoms with E-state index in [2.05, 4.69) is 10.6 Å². The summed E-state index contributed by atoms with van der Waals surface area (Å²) in [6, 6.07) is 3.23. The normalized spacial score (nSPS) is 12.8. The van der Waals surface area contributed by atoms with Gasteiger partial charge in [-0.2, -0.15) is 0 Å². The van der Waals surface area contributed by atoms with Crippen molar-refractivity contribution in [3.05, 3.63) is 23.7 Å². The minimum absolute atomic E-state index is 0.104. The zero-order chi connectivity index (χ0) is 15.3. The van der Waals surface area contributed by atoms with Crippen LogP contribution in [0.5, 0.6) is 0 Å².